The summed E-state index contributed by atoms with van der Waals surface area (Å²) in [5.74, 6) is -0.514. The number of esters is 1. The highest BCUT2D eigenvalue weighted by Gasteiger charge is 2.16. The molecule has 0 atom stereocenters. The van der Waals surface area contributed by atoms with Crippen molar-refractivity contribution in [3.63, 3.8) is 0 Å². The zero-order valence-electron chi connectivity index (χ0n) is 14.7. The van der Waals surface area contributed by atoms with Crippen molar-refractivity contribution in [3.05, 3.63) is 83.7 Å². The van der Waals surface area contributed by atoms with Crippen molar-refractivity contribution in [1.29, 1.82) is 0 Å². The van der Waals surface area contributed by atoms with E-state index < -0.39 is 16.0 Å². The first-order valence-corrected chi connectivity index (χ1v) is 9.70. The highest BCUT2D eigenvalue weighted by molar-refractivity contribution is 7.89. The lowest BCUT2D eigenvalue weighted by Gasteiger charge is -2.12. The third-order valence-electron chi connectivity index (χ3n) is 4.05. The number of nitrogens with zero attached hydrogens (tertiary/aromatic N) is 2. The highest BCUT2D eigenvalue weighted by Crippen LogP contribution is 2.14. The Kier molecular flexibility index (Phi) is 5.68. The number of ether oxygens (including phenoxy) is 1. The summed E-state index contributed by atoms with van der Waals surface area (Å²) in [5, 5.41) is 4.18. The van der Waals surface area contributed by atoms with E-state index in [0.29, 0.717) is 12.1 Å². The highest BCUT2D eigenvalue weighted by atomic mass is 32.2. The molecule has 0 amide bonds. The molecule has 1 heterocycles. The summed E-state index contributed by atoms with van der Waals surface area (Å²) in [6.45, 7) is 0.706. The third kappa shape index (κ3) is 4.60. The maximum atomic E-state index is 12.5. The smallest absolute Gasteiger partial charge is 0.337 e. The monoisotopic (exact) mass is 385 g/mol. The van der Waals surface area contributed by atoms with Gasteiger partial charge in [0, 0.05) is 18.9 Å². The Morgan fingerprint density at radius 3 is 2.41 bits per heavy atom. The van der Waals surface area contributed by atoms with Gasteiger partial charge in [-0.05, 0) is 41.5 Å². The first-order valence-electron chi connectivity index (χ1n) is 8.22. The first kappa shape index (κ1) is 18.8. The van der Waals surface area contributed by atoms with Crippen molar-refractivity contribution in [1.82, 2.24) is 14.5 Å². The number of hydrogen-bond donors (Lipinski definition) is 1. The normalized spacial score (nSPS) is 11.3. The van der Waals surface area contributed by atoms with Gasteiger partial charge in [-0.3, -0.25) is 4.68 Å². The van der Waals surface area contributed by atoms with Gasteiger partial charge >= 0.3 is 5.97 Å². The van der Waals surface area contributed by atoms with E-state index >= 15 is 0 Å². The van der Waals surface area contributed by atoms with Crippen LogP contribution in [-0.2, 0) is 27.8 Å². The number of sulfonamides is 1. The van der Waals surface area contributed by atoms with E-state index in [1.807, 2.05) is 36.5 Å². The second-order valence-corrected chi connectivity index (χ2v) is 7.58. The molecule has 27 heavy (non-hydrogen) atoms. The van der Waals surface area contributed by atoms with Crippen LogP contribution in [0.25, 0.3) is 0 Å². The van der Waals surface area contributed by atoms with E-state index in [-0.39, 0.29) is 11.4 Å². The second-order valence-electron chi connectivity index (χ2n) is 5.81. The molecule has 0 saturated carbocycles. The zero-order valence-corrected chi connectivity index (χ0v) is 15.5. The van der Waals surface area contributed by atoms with Gasteiger partial charge in [-0.1, -0.05) is 24.3 Å². The van der Waals surface area contributed by atoms with E-state index in [1.54, 1.807) is 10.9 Å². The molecule has 3 rings (SSSR count). The molecule has 1 aromatic heterocycles. The summed E-state index contributed by atoms with van der Waals surface area (Å²) in [6, 6.07) is 15.0. The number of benzene rings is 2. The quantitative estimate of drug-likeness (QED) is 0.630. The average molecular weight is 385 g/mol. The van der Waals surface area contributed by atoms with Crippen LogP contribution in [-0.4, -0.2) is 31.3 Å². The lowest BCUT2D eigenvalue weighted by molar-refractivity contribution is 0.0600. The number of carbonyl (C=O) groups is 1. The molecule has 0 fully saturated rings. The van der Waals surface area contributed by atoms with Crippen LogP contribution in [0.15, 0.2) is 71.9 Å². The number of nitrogens with one attached hydrogen (secondary N) is 1. The minimum atomic E-state index is -3.71. The molecule has 0 aliphatic heterocycles. The van der Waals surface area contributed by atoms with Gasteiger partial charge < -0.3 is 4.74 Å². The van der Waals surface area contributed by atoms with Crippen LogP contribution in [0.2, 0.25) is 0 Å². The van der Waals surface area contributed by atoms with Crippen LogP contribution in [0.4, 0.5) is 0 Å². The Bertz CT molecular complexity index is 1010. The maximum absolute atomic E-state index is 12.5. The molecule has 3 aromatic rings. The fourth-order valence-corrected chi connectivity index (χ4v) is 3.60. The number of hydrogen-bond acceptors (Lipinski definition) is 5. The Morgan fingerprint density at radius 1 is 1.07 bits per heavy atom. The van der Waals surface area contributed by atoms with Crippen LogP contribution in [0.5, 0.6) is 0 Å². The summed E-state index contributed by atoms with van der Waals surface area (Å²) < 4.78 is 34.1. The summed E-state index contributed by atoms with van der Waals surface area (Å²) in [5.41, 5.74) is 2.13. The summed E-state index contributed by atoms with van der Waals surface area (Å²) >= 11 is 0. The number of rotatable bonds is 7. The van der Waals surface area contributed by atoms with Crippen molar-refractivity contribution in [3.8, 4) is 0 Å². The van der Waals surface area contributed by atoms with Gasteiger partial charge in [0.25, 0.3) is 0 Å². The molecule has 0 aliphatic carbocycles. The summed E-state index contributed by atoms with van der Waals surface area (Å²) in [7, 11) is -2.44. The lowest BCUT2D eigenvalue weighted by atomic mass is 10.1. The van der Waals surface area contributed by atoms with Gasteiger partial charge in [0.1, 0.15) is 0 Å². The number of carbonyl (C=O) groups excluding carboxylic acids is 1. The van der Waals surface area contributed by atoms with Gasteiger partial charge in [-0.2, -0.15) is 5.10 Å². The van der Waals surface area contributed by atoms with E-state index in [0.717, 1.165) is 11.1 Å². The maximum Gasteiger partial charge on any atom is 0.337 e. The molecule has 1 N–H and O–H groups in total. The van der Waals surface area contributed by atoms with E-state index in [2.05, 4.69) is 14.6 Å². The molecule has 8 heteroatoms. The van der Waals surface area contributed by atoms with E-state index in [1.165, 1.54) is 31.4 Å². The lowest BCUT2D eigenvalue weighted by Crippen LogP contribution is -2.24. The molecule has 7 nitrogen and oxygen atoms in total. The van der Waals surface area contributed by atoms with Crippen molar-refractivity contribution < 1.29 is 17.9 Å². The molecular weight excluding hydrogens is 366 g/mol. The molecule has 0 bridgehead atoms. The molecule has 0 unspecified atom stereocenters. The molecule has 0 saturated heterocycles. The third-order valence-corrected chi connectivity index (χ3v) is 5.47. The van der Waals surface area contributed by atoms with Crippen LogP contribution in [0.3, 0.4) is 0 Å². The zero-order chi connectivity index (χ0) is 19.3. The molecule has 0 aliphatic rings. The second kappa shape index (κ2) is 8.15. The molecule has 0 spiro atoms. The first-order chi connectivity index (χ1) is 13.0. The van der Waals surface area contributed by atoms with Gasteiger partial charge in [-0.25, -0.2) is 17.9 Å². The van der Waals surface area contributed by atoms with Crippen molar-refractivity contribution in [2.24, 2.45) is 0 Å². The molecule has 0 radical (unpaired) electrons. The number of methoxy groups -OCH3 is 1. The standard InChI is InChI=1S/C19H19N3O4S/c1-26-19(23)15-7-9-18(10-8-15)27(24,25)21-13-16-5-2-3-6-17(16)14-22-12-4-11-20-22/h2-12,21H,13-14H2,1H3. The topological polar surface area (TPSA) is 90.3 Å². The van der Waals surface area contributed by atoms with Crippen molar-refractivity contribution in [2.45, 2.75) is 18.0 Å². The van der Waals surface area contributed by atoms with Crippen LogP contribution in [0.1, 0.15) is 21.5 Å². The summed E-state index contributed by atoms with van der Waals surface area (Å²) in [4.78, 5) is 11.5. The predicted octanol–water partition coefficient (Wildman–Crippen LogP) is 2.20. The minimum absolute atomic E-state index is 0.0831. The fourth-order valence-electron chi connectivity index (χ4n) is 2.60. The molecule has 140 valence electrons. The van der Waals surface area contributed by atoms with E-state index in [9.17, 15) is 13.2 Å². The average Bonchev–Trinajstić information content (AvgIpc) is 3.20. The van der Waals surface area contributed by atoms with Crippen LogP contribution in [0, 0.1) is 0 Å². The van der Waals surface area contributed by atoms with Gasteiger partial charge in [0.15, 0.2) is 0 Å². The molecular formula is C19H19N3O4S. The SMILES string of the molecule is COC(=O)c1ccc(S(=O)(=O)NCc2ccccc2Cn2cccn2)cc1. The predicted molar refractivity (Wildman–Crippen MR) is 99.6 cm³/mol. The Hall–Kier alpha value is -2.97. The largest absolute Gasteiger partial charge is 0.465 e. The van der Waals surface area contributed by atoms with E-state index in [4.69, 9.17) is 0 Å². The van der Waals surface area contributed by atoms with Gasteiger partial charge in [-0.15, -0.1) is 0 Å². The van der Waals surface area contributed by atoms with Gasteiger partial charge in [0.2, 0.25) is 10.0 Å². The summed E-state index contributed by atoms with van der Waals surface area (Å²) in [6.07, 6.45) is 3.55. The Labute approximate surface area is 157 Å². The van der Waals surface area contributed by atoms with Crippen LogP contribution < -0.4 is 4.72 Å². The van der Waals surface area contributed by atoms with Crippen molar-refractivity contribution in [2.75, 3.05) is 7.11 Å². The minimum Gasteiger partial charge on any atom is -0.465 e. The molecule has 2 aromatic carbocycles. The van der Waals surface area contributed by atoms with Crippen molar-refractivity contribution >= 4 is 16.0 Å². The number of aromatic nitrogens is 2. The Balaban J connectivity index is 1.73. The fraction of sp³-hybridized carbons (Fsp3) is 0.158. The Morgan fingerprint density at radius 2 is 1.78 bits per heavy atom. The van der Waals surface area contributed by atoms with Gasteiger partial charge in [0.05, 0.1) is 24.1 Å². The van der Waals surface area contributed by atoms with Crippen LogP contribution >= 0.6 is 0 Å².